The Hall–Kier alpha value is -2.09. The summed E-state index contributed by atoms with van der Waals surface area (Å²) in [5.74, 6) is 0.824. The first-order chi connectivity index (χ1) is 13.9. The number of piperazine rings is 1. The molecule has 1 heterocycles. The van der Waals surface area contributed by atoms with Crippen molar-refractivity contribution in [1.29, 1.82) is 0 Å². The van der Waals surface area contributed by atoms with Gasteiger partial charge in [-0.3, -0.25) is 4.90 Å². The number of sulfonamides is 1. The first kappa shape index (κ1) is 21.6. The van der Waals surface area contributed by atoms with Crippen LogP contribution in [0.2, 0.25) is 0 Å². The van der Waals surface area contributed by atoms with Gasteiger partial charge < -0.3 is 9.47 Å². The molecule has 2 unspecified atom stereocenters. The minimum Gasteiger partial charge on any atom is -0.497 e. The normalized spacial score (nSPS) is 21.1. The molecule has 158 valence electrons. The van der Waals surface area contributed by atoms with Crippen LogP contribution in [0.4, 0.5) is 0 Å². The van der Waals surface area contributed by atoms with E-state index in [1.807, 2.05) is 18.2 Å². The van der Waals surface area contributed by atoms with E-state index in [9.17, 15) is 8.42 Å². The van der Waals surface area contributed by atoms with Crippen LogP contribution >= 0.6 is 0 Å². The summed E-state index contributed by atoms with van der Waals surface area (Å²) in [5, 5.41) is 0. The second-order valence-corrected chi connectivity index (χ2v) is 9.42. The lowest BCUT2D eigenvalue weighted by Gasteiger charge is -2.44. The summed E-state index contributed by atoms with van der Waals surface area (Å²) in [6, 6.07) is 15.5. The number of ether oxygens (including phenoxy) is 2. The van der Waals surface area contributed by atoms with Gasteiger partial charge in [-0.2, -0.15) is 4.31 Å². The highest BCUT2D eigenvalue weighted by molar-refractivity contribution is 7.89. The molecule has 2 aromatic carbocycles. The van der Waals surface area contributed by atoms with Gasteiger partial charge in [-0.05, 0) is 38.0 Å². The number of rotatable bonds is 7. The Morgan fingerprint density at radius 3 is 2.21 bits per heavy atom. The molecular weight excluding hydrogens is 388 g/mol. The third kappa shape index (κ3) is 4.74. The molecule has 6 nitrogen and oxygen atoms in total. The van der Waals surface area contributed by atoms with E-state index in [0.29, 0.717) is 24.6 Å². The third-order valence-corrected chi connectivity index (χ3v) is 7.41. The van der Waals surface area contributed by atoms with Gasteiger partial charge in [-0.15, -0.1) is 0 Å². The van der Waals surface area contributed by atoms with Gasteiger partial charge in [0, 0.05) is 37.8 Å². The van der Waals surface area contributed by atoms with Crippen LogP contribution < -0.4 is 9.47 Å². The molecular formula is C22H30N2O4S. The van der Waals surface area contributed by atoms with Crippen molar-refractivity contribution in [3.05, 3.63) is 54.1 Å². The highest BCUT2D eigenvalue weighted by Crippen LogP contribution is 2.32. The van der Waals surface area contributed by atoms with Gasteiger partial charge in [0.1, 0.15) is 16.4 Å². The lowest BCUT2D eigenvalue weighted by Crippen LogP contribution is -2.58. The van der Waals surface area contributed by atoms with E-state index in [2.05, 4.69) is 30.9 Å². The molecule has 0 radical (unpaired) electrons. The number of methoxy groups -OCH3 is 2. The molecule has 2 aromatic rings. The molecule has 0 saturated carbocycles. The maximum Gasteiger partial charge on any atom is 0.247 e. The number of nitrogens with zero attached hydrogens (tertiary/aromatic N) is 2. The summed E-state index contributed by atoms with van der Waals surface area (Å²) >= 11 is 0. The fourth-order valence-electron chi connectivity index (χ4n) is 3.97. The quantitative estimate of drug-likeness (QED) is 0.692. The van der Waals surface area contributed by atoms with Crippen LogP contribution in [0.1, 0.15) is 19.4 Å². The molecule has 1 fully saturated rings. The SMILES string of the molecule is COc1ccc(OC)c(S(=O)(=O)N2CC(C)N(CCc3ccccc3)C(C)C2)c1. The molecule has 2 atom stereocenters. The van der Waals surface area contributed by atoms with Crippen molar-refractivity contribution in [3.8, 4) is 11.5 Å². The molecule has 3 rings (SSSR count). The average Bonchev–Trinajstić information content (AvgIpc) is 2.73. The Morgan fingerprint density at radius 2 is 1.62 bits per heavy atom. The molecule has 1 aliphatic rings. The lowest BCUT2D eigenvalue weighted by molar-refractivity contribution is 0.0783. The highest BCUT2D eigenvalue weighted by atomic mass is 32.2. The Kier molecular flexibility index (Phi) is 6.82. The van der Waals surface area contributed by atoms with Crippen molar-refractivity contribution in [2.45, 2.75) is 37.2 Å². The van der Waals surface area contributed by atoms with Crippen LogP contribution in [-0.4, -0.2) is 63.6 Å². The minimum absolute atomic E-state index is 0.119. The van der Waals surface area contributed by atoms with E-state index in [4.69, 9.17) is 9.47 Å². The minimum atomic E-state index is -3.69. The number of hydrogen-bond donors (Lipinski definition) is 0. The van der Waals surface area contributed by atoms with Gasteiger partial charge in [0.25, 0.3) is 0 Å². The fraction of sp³-hybridized carbons (Fsp3) is 0.455. The van der Waals surface area contributed by atoms with Crippen LogP contribution in [0, 0.1) is 0 Å². The van der Waals surface area contributed by atoms with E-state index >= 15 is 0 Å². The zero-order chi connectivity index (χ0) is 21.0. The van der Waals surface area contributed by atoms with Gasteiger partial charge in [-0.1, -0.05) is 30.3 Å². The van der Waals surface area contributed by atoms with Crippen LogP contribution in [0.5, 0.6) is 11.5 Å². The Labute approximate surface area is 174 Å². The Bertz CT molecular complexity index is 906. The maximum absolute atomic E-state index is 13.4. The first-order valence-corrected chi connectivity index (χ1v) is 11.3. The van der Waals surface area contributed by atoms with Crippen LogP contribution in [0.3, 0.4) is 0 Å². The van der Waals surface area contributed by atoms with E-state index in [1.165, 1.54) is 25.8 Å². The Morgan fingerprint density at radius 1 is 0.966 bits per heavy atom. The molecule has 0 aliphatic carbocycles. The summed E-state index contributed by atoms with van der Waals surface area (Å²) in [6.07, 6.45) is 0.950. The summed E-state index contributed by atoms with van der Waals surface area (Å²) in [6.45, 7) is 5.98. The van der Waals surface area contributed by atoms with E-state index in [0.717, 1.165) is 13.0 Å². The molecule has 0 bridgehead atoms. The van der Waals surface area contributed by atoms with Crippen molar-refractivity contribution < 1.29 is 17.9 Å². The van der Waals surface area contributed by atoms with Crippen molar-refractivity contribution in [2.24, 2.45) is 0 Å². The summed E-state index contributed by atoms with van der Waals surface area (Å²) in [5.41, 5.74) is 1.29. The molecule has 29 heavy (non-hydrogen) atoms. The monoisotopic (exact) mass is 418 g/mol. The second-order valence-electron chi connectivity index (χ2n) is 7.51. The third-order valence-electron chi connectivity index (χ3n) is 5.56. The second kappa shape index (κ2) is 9.15. The summed E-state index contributed by atoms with van der Waals surface area (Å²) in [7, 11) is -0.691. The molecule has 0 N–H and O–H groups in total. The molecule has 0 amide bonds. The zero-order valence-electron chi connectivity index (χ0n) is 17.5. The van der Waals surface area contributed by atoms with Gasteiger partial charge in [-0.25, -0.2) is 8.42 Å². The molecule has 0 aromatic heterocycles. The standard InChI is InChI=1S/C22H30N2O4S/c1-17-15-23(16-18(2)24(17)13-12-19-8-6-5-7-9-19)29(25,26)22-14-20(27-3)10-11-21(22)28-4/h5-11,14,17-18H,12-13,15-16H2,1-4H3. The first-order valence-electron chi connectivity index (χ1n) is 9.88. The zero-order valence-corrected chi connectivity index (χ0v) is 18.4. The van der Waals surface area contributed by atoms with Crippen molar-refractivity contribution >= 4 is 10.0 Å². The van der Waals surface area contributed by atoms with Gasteiger partial charge in [0.05, 0.1) is 14.2 Å². The summed E-state index contributed by atoms with van der Waals surface area (Å²) in [4.78, 5) is 2.54. The van der Waals surface area contributed by atoms with Crippen molar-refractivity contribution in [2.75, 3.05) is 33.9 Å². The van der Waals surface area contributed by atoms with Crippen molar-refractivity contribution in [1.82, 2.24) is 9.21 Å². The molecule has 1 aliphatic heterocycles. The van der Waals surface area contributed by atoms with E-state index in [1.54, 1.807) is 16.4 Å². The Balaban J connectivity index is 1.76. The van der Waals surface area contributed by atoms with Crippen LogP contribution in [0.25, 0.3) is 0 Å². The maximum atomic E-state index is 13.4. The predicted octanol–water partition coefficient (Wildman–Crippen LogP) is 3.03. The van der Waals surface area contributed by atoms with E-state index < -0.39 is 10.0 Å². The van der Waals surface area contributed by atoms with E-state index in [-0.39, 0.29) is 17.0 Å². The average molecular weight is 419 g/mol. The predicted molar refractivity (Wildman–Crippen MR) is 114 cm³/mol. The van der Waals surface area contributed by atoms with Crippen molar-refractivity contribution in [3.63, 3.8) is 0 Å². The highest BCUT2D eigenvalue weighted by Gasteiger charge is 2.37. The molecule has 7 heteroatoms. The summed E-state index contributed by atoms with van der Waals surface area (Å²) < 4.78 is 38.9. The van der Waals surface area contributed by atoms with Gasteiger partial charge >= 0.3 is 0 Å². The van der Waals surface area contributed by atoms with Gasteiger partial charge in [0.15, 0.2) is 0 Å². The largest absolute Gasteiger partial charge is 0.497 e. The lowest BCUT2D eigenvalue weighted by atomic mass is 10.1. The molecule has 1 saturated heterocycles. The number of benzene rings is 2. The molecule has 0 spiro atoms. The van der Waals surface area contributed by atoms with Crippen LogP contribution in [0.15, 0.2) is 53.4 Å². The van der Waals surface area contributed by atoms with Crippen LogP contribution in [-0.2, 0) is 16.4 Å². The van der Waals surface area contributed by atoms with Gasteiger partial charge in [0.2, 0.25) is 10.0 Å². The topological polar surface area (TPSA) is 59.1 Å². The fourth-order valence-corrected chi connectivity index (χ4v) is 5.75. The number of hydrogen-bond acceptors (Lipinski definition) is 5. The smallest absolute Gasteiger partial charge is 0.247 e.